The number of aromatic nitrogens is 2. The molecule has 0 saturated carbocycles. The molecule has 0 aliphatic heterocycles. The van der Waals surface area contributed by atoms with Gasteiger partial charge in [-0.2, -0.15) is 0 Å². The van der Waals surface area contributed by atoms with Crippen molar-refractivity contribution in [3.63, 3.8) is 0 Å². The Morgan fingerprint density at radius 1 is 1.14 bits per heavy atom. The quantitative estimate of drug-likeness (QED) is 0.561. The number of aryl methyl sites for hydroxylation is 2. The first kappa shape index (κ1) is 15.3. The fourth-order valence-corrected chi connectivity index (χ4v) is 3.15. The van der Waals surface area contributed by atoms with Crippen LogP contribution < -0.4 is 11.2 Å². The Kier molecular flexibility index (Phi) is 3.86. The monoisotopic (exact) mass is 426 g/mol. The van der Waals surface area contributed by atoms with E-state index in [0.717, 1.165) is 13.7 Å². The first-order chi connectivity index (χ1) is 10.4. The zero-order valence-corrected chi connectivity index (χ0v) is 14.8. The summed E-state index contributed by atoms with van der Waals surface area (Å²) in [6.07, 6.45) is 0. The standard InChI is InChI=1S/C16H12ClIN2O2/c1-9-12(18)6-7-13-14(9)15(21)20(16(22)19(13)2)11-5-3-4-10(17)8-11/h3-8H,1-2H3. The molecule has 0 fully saturated rings. The average molecular weight is 427 g/mol. The largest absolute Gasteiger partial charge is 0.335 e. The lowest BCUT2D eigenvalue weighted by Gasteiger charge is -2.13. The minimum atomic E-state index is -0.389. The van der Waals surface area contributed by atoms with Gasteiger partial charge in [-0.1, -0.05) is 17.7 Å². The van der Waals surface area contributed by atoms with Gasteiger partial charge in [-0.25, -0.2) is 9.36 Å². The van der Waals surface area contributed by atoms with E-state index >= 15 is 0 Å². The molecule has 0 amide bonds. The number of hydrogen-bond acceptors (Lipinski definition) is 2. The molecule has 0 N–H and O–H groups in total. The van der Waals surface area contributed by atoms with Crippen molar-refractivity contribution in [3.05, 3.63) is 71.4 Å². The van der Waals surface area contributed by atoms with Crippen molar-refractivity contribution >= 4 is 45.1 Å². The van der Waals surface area contributed by atoms with E-state index in [9.17, 15) is 9.59 Å². The summed E-state index contributed by atoms with van der Waals surface area (Å²) in [5, 5.41) is 1.03. The van der Waals surface area contributed by atoms with Crippen molar-refractivity contribution in [1.82, 2.24) is 9.13 Å². The van der Waals surface area contributed by atoms with Gasteiger partial charge in [0.1, 0.15) is 0 Å². The van der Waals surface area contributed by atoms with Crippen molar-refractivity contribution < 1.29 is 0 Å². The molecule has 6 heteroatoms. The van der Waals surface area contributed by atoms with E-state index in [-0.39, 0.29) is 11.2 Å². The summed E-state index contributed by atoms with van der Waals surface area (Å²) in [5.41, 5.74) is 1.26. The molecule has 1 heterocycles. The van der Waals surface area contributed by atoms with Crippen LogP contribution in [0.3, 0.4) is 0 Å². The van der Waals surface area contributed by atoms with Crippen LogP contribution in [0.1, 0.15) is 5.56 Å². The van der Waals surface area contributed by atoms with Gasteiger partial charge in [0.2, 0.25) is 0 Å². The first-order valence-corrected chi connectivity index (χ1v) is 8.04. The molecule has 0 unspecified atom stereocenters. The van der Waals surface area contributed by atoms with Crippen LogP contribution in [0.15, 0.2) is 46.0 Å². The smallest absolute Gasteiger partial charge is 0.296 e. The van der Waals surface area contributed by atoms with Gasteiger partial charge in [-0.05, 0) is 65.4 Å². The van der Waals surface area contributed by atoms with E-state index < -0.39 is 0 Å². The second-order valence-corrected chi connectivity index (χ2v) is 6.63. The van der Waals surface area contributed by atoms with Gasteiger partial charge in [-0.15, -0.1) is 0 Å². The third-order valence-corrected chi connectivity index (χ3v) is 5.10. The van der Waals surface area contributed by atoms with Crippen LogP contribution >= 0.6 is 34.2 Å². The van der Waals surface area contributed by atoms with Crippen molar-refractivity contribution in [3.8, 4) is 5.69 Å². The highest BCUT2D eigenvalue weighted by Gasteiger charge is 2.15. The summed E-state index contributed by atoms with van der Waals surface area (Å²) in [5.74, 6) is 0. The molecule has 0 aliphatic rings. The zero-order valence-electron chi connectivity index (χ0n) is 11.9. The van der Waals surface area contributed by atoms with Crippen LogP contribution in [0.25, 0.3) is 16.6 Å². The lowest BCUT2D eigenvalue weighted by molar-refractivity contribution is 0.773. The van der Waals surface area contributed by atoms with E-state index in [4.69, 9.17) is 11.6 Å². The Balaban J connectivity index is 2.55. The van der Waals surface area contributed by atoms with E-state index in [1.165, 1.54) is 4.57 Å². The Hall–Kier alpha value is -1.60. The van der Waals surface area contributed by atoms with E-state index in [1.54, 1.807) is 37.4 Å². The number of fused-ring (bicyclic) bond motifs is 1. The molecule has 112 valence electrons. The van der Waals surface area contributed by atoms with Gasteiger partial charge >= 0.3 is 5.69 Å². The van der Waals surface area contributed by atoms with Gasteiger partial charge in [0, 0.05) is 15.6 Å². The van der Waals surface area contributed by atoms with Crippen molar-refractivity contribution in [2.75, 3.05) is 0 Å². The predicted octanol–water partition coefficient (Wildman–Crippen LogP) is 3.26. The maximum absolute atomic E-state index is 12.9. The number of halogens is 2. The van der Waals surface area contributed by atoms with E-state index in [2.05, 4.69) is 22.6 Å². The highest BCUT2D eigenvalue weighted by molar-refractivity contribution is 14.1. The van der Waals surface area contributed by atoms with Gasteiger partial charge in [0.15, 0.2) is 0 Å². The minimum absolute atomic E-state index is 0.323. The van der Waals surface area contributed by atoms with Crippen molar-refractivity contribution in [1.29, 1.82) is 0 Å². The molecule has 0 spiro atoms. The van der Waals surface area contributed by atoms with Gasteiger partial charge in [0.05, 0.1) is 16.6 Å². The Bertz CT molecular complexity index is 1020. The minimum Gasteiger partial charge on any atom is -0.296 e. The molecule has 1 aromatic heterocycles. The molecule has 3 aromatic rings. The van der Waals surface area contributed by atoms with Crippen LogP contribution in [0.4, 0.5) is 0 Å². The maximum Gasteiger partial charge on any atom is 0.335 e. The SMILES string of the molecule is Cc1c(I)ccc2c1c(=O)n(-c1cccc(Cl)c1)c(=O)n2C. The predicted molar refractivity (Wildman–Crippen MR) is 97.3 cm³/mol. The number of benzene rings is 2. The van der Waals surface area contributed by atoms with Crippen LogP contribution in [0, 0.1) is 10.5 Å². The molecule has 3 rings (SSSR count). The molecule has 2 aromatic carbocycles. The molecule has 0 bridgehead atoms. The molecular weight excluding hydrogens is 415 g/mol. The molecular formula is C16H12ClIN2O2. The summed E-state index contributed by atoms with van der Waals surface area (Å²) in [6.45, 7) is 1.89. The number of nitrogens with zero attached hydrogens (tertiary/aromatic N) is 2. The van der Waals surface area contributed by atoms with Crippen molar-refractivity contribution in [2.45, 2.75) is 6.92 Å². The van der Waals surface area contributed by atoms with E-state index in [1.807, 2.05) is 13.0 Å². The van der Waals surface area contributed by atoms with E-state index in [0.29, 0.717) is 21.6 Å². The first-order valence-electron chi connectivity index (χ1n) is 6.58. The highest BCUT2D eigenvalue weighted by atomic mass is 127. The summed E-state index contributed by atoms with van der Waals surface area (Å²) >= 11 is 8.17. The normalized spacial score (nSPS) is 11.1. The van der Waals surface area contributed by atoms with Gasteiger partial charge in [0.25, 0.3) is 5.56 Å². The van der Waals surface area contributed by atoms with Crippen LogP contribution in [0.2, 0.25) is 5.02 Å². The van der Waals surface area contributed by atoms with Crippen LogP contribution in [-0.4, -0.2) is 9.13 Å². The second kappa shape index (κ2) is 5.55. The third kappa shape index (κ3) is 2.28. The lowest BCUT2D eigenvalue weighted by Crippen LogP contribution is -2.38. The Morgan fingerprint density at radius 3 is 2.55 bits per heavy atom. The topological polar surface area (TPSA) is 44.0 Å². The molecule has 0 atom stereocenters. The fourth-order valence-electron chi connectivity index (χ4n) is 2.52. The maximum atomic E-state index is 12.9. The molecule has 0 radical (unpaired) electrons. The van der Waals surface area contributed by atoms with Crippen LogP contribution in [0.5, 0.6) is 0 Å². The van der Waals surface area contributed by atoms with Crippen molar-refractivity contribution in [2.24, 2.45) is 7.05 Å². The molecule has 0 saturated heterocycles. The third-order valence-electron chi connectivity index (χ3n) is 3.70. The zero-order chi connectivity index (χ0) is 16.0. The Labute approximate surface area is 145 Å². The summed E-state index contributed by atoms with van der Waals surface area (Å²) < 4.78 is 3.64. The van der Waals surface area contributed by atoms with Crippen LogP contribution in [-0.2, 0) is 7.05 Å². The number of rotatable bonds is 1. The number of hydrogen-bond donors (Lipinski definition) is 0. The molecule has 0 aliphatic carbocycles. The summed E-state index contributed by atoms with van der Waals surface area (Å²) in [4.78, 5) is 25.5. The summed E-state index contributed by atoms with van der Waals surface area (Å²) in [6, 6.07) is 10.4. The van der Waals surface area contributed by atoms with Gasteiger partial charge in [-0.3, -0.25) is 9.36 Å². The lowest BCUT2D eigenvalue weighted by atomic mass is 10.1. The molecule has 22 heavy (non-hydrogen) atoms. The summed E-state index contributed by atoms with van der Waals surface area (Å²) in [7, 11) is 1.66. The fraction of sp³-hybridized carbons (Fsp3) is 0.125. The highest BCUT2D eigenvalue weighted by Crippen LogP contribution is 2.20. The average Bonchev–Trinajstić information content (AvgIpc) is 2.48. The Morgan fingerprint density at radius 2 is 1.86 bits per heavy atom. The molecule has 4 nitrogen and oxygen atoms in total. The van der Waals surface area contributed by atoms with Gasteiger partial charge < -0.3 is 0 Å². The second-order valence-electron chi connectivity index (χ2n) is 5.03.